The predicted molar refractivity (Wildman–Crippen MR) is 69.7 cm³/mol. The van der Waals surface area contributed by atoms with Gasteiger partial charge in [0.2, 0.25) is 0 Å². The maximum absolute atomic E-state index is 11.4. The Morgan fingerprint density at radius 3 is 2.44 bits per heavy atom. The van der Waals surface area contributed by atoms with Crippen molar-refractivity contribution in [3.05, 3.63) is 36.1 Å². The highest BCUT2D eigenvalue weighted by Crippen LogP contribution is 2.42. The van der Waals surface area contributed by atoms with Crippen LogP contribution in [0.25, 0.3) is 23.1 Å². The summed E-state index contributed by atoms with van der Waals surface area (Å²) in [5.41, 5.74) is 0.703. The van der Waals surface area contributed by atoms with Gasteiger partial charge in [0.15, 0.2) is 28.6 Å². The van der Waals surface area contributed by atoms with Gasteiger partial charge in [-0.05, 0) is 24.6 Å². The standard InChI is InChI=1S/C14H12O4/c1-4-8-6-9(7(3)15)12(16)14-11(8)13(17)10(5-2)18-14/h4-6,16-17H,1-2H2,3H3. The van der Waals surface area contributed by atoms with E-state index in [9.17, 15) is 15.0 Å². The van der Waals surface area contributed by atoms with E-state index >= 15 is 0 Å². The Labute approximate surface area is 103 Å². The first-order chi connectivity index (χ1) is 8.51. The fourth-order valence-electron chi connectivity index (χ4n) is 1.86. The number of aromatic hydroxyl groups is 2. The van der Waals surface area contributed by atoms with Crippen molar-refractivity contribution in [1.82, 2.24) is 0 Å². The molecule has 1 aromatic carbocycles. The molecule has 0 radical (unpaired) electrons. The summed E-state index contributed by atoms with van der Waals surface area (Å²) >= 11 is 0. The van der Waals surface area contributed by atoms with E-state index in [1.807, 2.05) is 0 Å². The molecule has 0 amide bonds. The molecule has 92 valence electrons. The second-order valence-corrected chi connectivity index (χ2v) is 3.85. The van der Waals surface area contributed by atoms with Crippen LogP contribution in [-0.2, 0) is 0 Å². The highest BCUT2D eigenvalue weighted by atomic mass is 16.4. The van der Waals surface area contributed by atoms with Gasteiger partial charge in [-0.25, -0.2) is 0 Å². The van der Waals surface area contributed by atoms with Gasteiger partial charge in [0.25, 0.3) is 0 Å². The van der Waals surface area contributed by atoms with Crippen LogP contribution in [0.5, 0.6) is 11.5 Å². The SMILES string of the molecule is C=Cc1oc2c(O)c(C(C)=O)cc(C=C)c2c1O. The summed E-state index contributed by atoms with van der Waals surface area (Å²) in [6.45, 7) is 8.46. The van der Waals surface area contributed by atoms with Gasteiger partial charge in [0, 0.05) is 0 Å². The third-order valence-electron chi connectivity index (χ3n) is 2.75. The summed E-state index contributed by atoms with van der Waals surface area (Å²) in [5.74, 6) is -0.565. The maximum Gasteiger partial charge on any atom is 0.181 e. The van der Waals surface area contributed by atoms with Gasteiger partial charge in [-0.3, -0.25) is 4.79 Å². The largest absolute Gasteiger partial charge is 0.504 e. The van der Waals surface area contributed by atoms with E-state index in [1.165, 1.54) is 25.1 Å². The van der Waals surface area contributed by atoms with Gasteiger partial charge in [-0.15, -0.1) is 0 Å². The summed E-state index contributed by atoms with van der Waals surface area (Å²) in [4.78, 5) is 11.4. The van der Waals surface area contributed by atoms with Crippen molar-refractivity contribution < 1.29 is 19.4 Å². The lowest BCUT2D eigenvalue weighted by Gasteiger charge is -2.04. The molecule has 4 heteroatoms. The summed E-state index contributed by atoms with van der Waals surface area (Å²) in [7, 11) is 0. The monoisotopic (exact) mass is 244 g/mol. The number of rotatable bonds is 3. The zero-order valence-electron chi connectivity index (χ0n) is 9.86. The minimum atomic E-state index is -0.298. The summed E-state index contributed by atoms with van der Waals surface area (Å²) in [5, 5.41) is 20.2. The number of carbonyl (C=O) groups is 1. The topological polar surface area (TPSA) is 70.7 Å². The van der Waals surface area contributed by atoms with Crippen LogP contribution in [0.3, 0.4) is 0 Å². The van der Waals surface area contributed by atoms with Gasteiger partial charge < -0.3 is 14.6 Å². The van der Waals surface area contributed by atoms with Gasteiger partial charge >= 0.3 is 0 Å². The number of ketones is 1. The van der Waals surface area contributed by atoms with Crippen LogP contribution in [0.4, 0.5) is 0 Å². The zero-order valence-corrected chi connectivity index (χ0v) is 9.86. The molecular weight excluding hydrogens is 232 g/mol. The first-order valence-electron chi connectivity index (χ1n) is 5.28. The minimum Gasteiger partial charge on any atom is -0.504 e. The normalized spacial score (nSPS) is 10.5. The van der Waals surface area contributed by atoms with Crippen molar-refractivity contribution in [1.29, 1.82) is 0 Å². The Morgan fingerprint density at radius 2 is 1.94 bits per heavy atom. The number of hydrogen-bond acceptors (Lipinski definition) is 4. The fraction of sp³-hybridized carbons (Fsp3) is 0.0714. The molecule has 0 bridgehead atoms. The highest BCUT2D eigenvalue weighted by Gasteiger charge is 2.21. The zero-order chi connectivity index (χ0) is 13.4. The number of carbonyl (C=O) groups excluding carboxylic acids is 1. The van der Waals surface area contributed by atoms with E-state index in [-0.39, 0.29) is 34.2 Å². The van der Waals surface area contributed by atoms with E-state index in [0.29, 0.717) is 10.9 Å². The Balaban J connectivity index is 3.00. The average molecular weight is 244 g/mol. The van der Waals surface area contributed by atoms with Crippen molar-refractivity contribution in [2.45, 2.75) is 6.92 Å². The molecule has 0 saturated heterocycles. The van der Waals surface area contributed by atoms with Crippen LogP contribution in [0.1, 0.15) is 28.6 Å². The maximum atomic E-state index is 11.4. The molecule has 0 aliphatic rings. The molecular formula is C14H12O4. The Morgan fingerprint density at radius 1 is 1.28 bits per heavy atom. The molecule has 0 aliphatic carbocycles. The van der Waals surface area contributed by atoms with Gasteiger partial charge in [0.1, 0.15) is 0 Å². The number of fused-ring (bicyclic) bond motifs is 1. The first-order valence-corrected chi connectivity index (χ1v) is 5.28. The van der Waals surface area contributed by atoms with Crippen LogP contribution in [0.15, 0.2) is 23.6 Å². The molecule has 0 saturated carbocycles. The first kappa shape index (κ1) is 12.0. The Hall–Kier alpha value is -2.49. The molecule has 2 aromatic rings. The van der Waals surface area contributed by atoms with E-state index in [0.717, 1.165) is 0 Å². The van der Waals surface area contributed by atoms with Crippen LogP contribution < -0.4 is 0 Å². The lowest BCUT2D eigenvalue weighted by Crippen LogP contribution is -1.94. The van der Waals surface area contributed by atoms with Gasteiger partial charge in [0.05, 0.1) is 10.9 Å². The lowest BCUT2D eigenvalue weighted by molar-refractivity contribution is 0.101. The van der Waals surface area contributed by atoms with Crippen LogP contribution in [0.2, 0.25) is 0 Å². The molecule has 0 fully saturated rings. The van der Waals surface area contributed by atoms with Crippen molar-refractivity contribution in [3.8, 4) is 11.5 Å². The average Bonchev–Trinajstić information content (AvgIpc) is 2.68. The van der Waals surface area contributed by atoms with Gasteiger partial charge in [-0.2, -0.15) is 0 Å². The molecule has 1 aromatic heterocycles. The van der Waals surface area contributed by atoms with E-state index in [2.05, 4.69) is 13.2 Å². The van der Waals surface area contributed by atoms with Crippen LogP contribution in [0, 0.1) is 0 Å². The summed E-state index contributed by atoms with van der Waals surface area (Å²) in [6, 6.07) is 1.47. The third kappa shape index (κ3) is 1.50. The number of hydrogen-bond donors (Lipinski definition) is 2. The molecule has 1 heterocycles. The lowest BCUT2D eigenvalue weighted by atomic mass is 10.0. The second-order valence-electron chi connectivity index (χ2n) is 3.85. The third-order valence-corrected chi connectivity index (χ3v) is 2.75. The molecule has 18 heavy (non-hydrogen) atoms. The molecule has 0 atom stereocenters. The van der Waals surface area contributed by atoms with Crippen molar-refractivity contribution >= 4 is 28.9 Å². The van der Waals surface area contributed by atoms with Crippen LogP contribution >= 0.6 is 0 Å². The fourth-order valence-corrected chi connectivity index (χ4v) is 1.86. The predicted octanol–water partition coefficient (Wildman–Crippen LogP) is 3.33. The van der Waals surface area contributed by atoms with Crippen molar-refractivity contribution in [2.75, 3.05) is 0 Å². The molecule has 2 N–H and O–H groups in total. The summed E-state index contributed by atoms with van der Waals surface area (Å²) < 4.78 is 5.29. The highest BCUT2D eigenvalue weighted by molar-refractivity contribution is 6.07. The van der Waals surface area contributed by atoms with Crippen LogP contribution in [-0.4, -0.2) is 16.0 Å². The Kier molecular flexibility index (Phi) is 2.71. The quantitative estimate of drug-likeness (QED) is 0.812. The van der Waals surface area contributed by atoms with E-state index in [4.69, 9.17) is 4.42 Å². The molecule has 0 spiro atoms. The molecule has 2 rings (SSSR count). The molecule has 0 aliphatic heterocycles. The number of Topliss-reactive ketones (excluding diaryl/α,β-unsaturated/α-hetero) is 1. The molecule has 0 unspecified atom stereocenters. The van der Waals surface area contributed by atoms with Gasteiger partial charge in [-0.1, -0.05) is 19.2 Å². The summed E-state index contributed by atoms with van der Waals surface area (Å²) in [6.07, 6.45) is 2.81. The van der Waals surface area contributed by atoms with E-state index < -0.39 is 0 Å². The van der Waals surface area contributed by atoms with E-state index in [1.54, 1.807) is 0 Å². The minimum absolute atomic E-state index is 0.0602. The number of phenolic OH excluding ortho intramolecular Hbond substituents is 1. The second kappa shape index (κ2) is 4.07. The molecule has 4 nitrogen and oxygen atoms in total. The number of furan rings is 1. The number of phenols is 1. The number of benzene rings is 1. The smallest absolute Gasteiger partial charge is 0.181 e. The Bertz CT molecular complexity index is 677. The van der Waals surface area contributed by atoms with Crippen molar-refractivity contribution in [2.24, 2.45) is 0 Å². The van der Waals surface area contributed by atoms with Crippen molar-refractivity contribution in [3.63, 3.8) is 0 Å².